The number of nitrogens with one attached hydrogen (secondary N) is 2. The molecule has 0 unspecified atom stereocenters. The minimum absolute atomic E-state index is 0.207. The molecule has 0 bridgehead atoms. The van der Waals surface area contributed by atoms with E-state index in [-0.39, 0.29) is 12.5 Å². The number of aromatic nitrogens is 1. The summed E-state index contributed by atoms with van der Waals surface area (Å²) in [5, 5.41) is 7.42. The summed E-state index contributed by atoms with van der Waals surface area (Å²) >= 11 is 1.31. The van der Waals surface area contributed by atoms with E-state index >= 15 is 0 Å². The van der Waals surface area contributed by atoms with Gasteiger partial charge in [-0.15, -0.1) is 11.3 Å². The number of amides is 2. The number of hydrogen-bond acceptors (Lipinski definition) is 7. The van der Waals surface area contributed by atoms with Crippen LogP contribution in [0.25, 0.3) is 11.3 Å². The fourth-order valence-electron chi connectivity index (χ4n) is 2.92. The normalized spacial score (nSPS) is 17.2. The highest BCUT2D eigenvalue weighted by Gasteiger charge is 2.51. The topological polar surface area (TPSA) is 98.8 Å². The van der Waals surface area contributed by atoms with Crippen molar-refractivity contribution < 1.29 is 23.6 Å². The minimum atomic E-state index is -0.646. The molecule has 2 amide bonds. The summed E-state index contributed by atoms with van der Waals surface area (Å²) in [7, 11) is -0.461. The van der Waals surface area contributed by atoms with Gasteiger partial charge in [-0.1, -0.05) is 24.3 Å². The van der Waals surface area contributed by atoms with Crippen molar-refractivity contribution in [3.63, 3.8) is 0 Å². The average molecular weight is 459 g/mol. The average Bonchev–Trinajstić information content (AvgIpc) is 3.20. The van der Waals surface area contributed by atoms with Gasteiger partial charge in [0, 0.05) is 10.9 Å². The number of thiazole rings is 1. The molecular formula is C22H30BN3O5S. The van der Waals surface area contributed by atoms with Crippen LogP contribution in [0.4, 0.5) is 9.93 Å². The molecule has 10 heteroatoms. The molecule has 1 aliphatic heterocycles. The Hall–Kier alpha value is -2.43. The maximum Gasteiger partial charge on any atom is 0.494 e. The number of carbonyl (C=O) groups is 2. The zero-order valence-corrected chi connectivity index (χ0v) is 20.4. The molecule has 2 aromatic rings. The molecule has 0 atom stereocenters. The fourth-order valence-corrected chi connectivity index (χ4v) is 3.65. The lowest BCUT2D eigenvalue weighted by Gasteiger charge is -2.32. The van der Waals surface area contributed by atoms with E-state index in [4.69, 9.17) is 14.0 Å². The van der Waals surface area contributed by atoms with Gasteiger partial charge in [-0.05, 0) is 53.9 Å². The first kappa shape index (κ1) is 24.2. The van der Waals surface area contributed by atoms with E-state index in [0.29, 0.717) is 5.13 Å². The molecule has 1 aromatic heterocycles. The van der Waals surface area contributed by atoms with E-state index in [2.05, 4.69) is 15.6 Å². The number of benzene rings is 1. The fraction of sp³-hybridized carbons (Fsp3) is 0.500. The lowest BCUT2D eigenvalue weighted by atomic mass is 9.78. The molecular weight excluding hydrogens is 429 g/mol. The number of rotatable bonds is 5. The van der Waals surface area contributed by atoms with Crippen molar-refractivity contribution in [2.45, 2.75) is 65.3 Å². The van der Waals surface area contributed by atoms with Gasteiger partial charge in [-0.25, -0.2) is 9.78 Å². The van der Waals surface area contributed by atoms with Gasteiger partial charge < -0.3 is 24.7 Å². The largest absolute Gasteiger partial charge is 0.494 e. The summed E-state index contributed by atoms with van der Waals surface area (Å²) in [6, 6.07) is 7.81. The SMILES string of the molecule is CC(C)(C)OC(=O)NCC(=O)Nc1nc(-c2cccc(B3OC(C)(C)C(C)(C)O3)c2)cs1. The molecule has 1 fully saturated rings. The van der Waals surface area contributed by atoms with E-state index in [1.807, 2.05) is 57.3 Å². The molecule has 0 radical (unpaired) electrons. The standard InChI is InChI=1S/C22H30BN3O5S/c1-20(2,3)29-19(28)24-12-17(27)26-18-25-16(13-32-18)14-9-8-10-15(11-14)23-30-21(4,5)22(6,7)31-23/h8-11,13H,12H2,1-7H3,(H,24,28)(H,25,26,27). The zero-order chi connectivity index (χ0) is 23.7. The molecule has 1 saturated heterocycles. The maximum atomic E-state index is 12.1. The van der Waals surface area contributed by atoms with Gasteiger partial charge in [0.2, 0.25) is 5.91 Å². The molecule has 0 spiro atoms. The predicted octanol–water partition coefficient (Wildman–Crippen LogP) is 3.57. The summed E-state index contributed by atoms with van der Waals surface area (Å²) in [4.78, 5) is 28.3. The summed E-state index contributed by atoms with van der Waals surface area (Å²) < 4.78 is 17.4. The van der Waals surface area contributed by atoms with E-state index in [1.54, 1.807) is 20.8 Å². The van der Waals surface area contributed by atoms with Gasteiger partial charge in [0.1, 0.15) is 12.1 Å². The molecule has 1 aliphatic rings. The molecule has 3 rings (SSSR count). The van der Waals surface area contributed by atoms with Gasteiger partial charge in [0.05, 0.1) is 16.9 Å². The van der Waals surface area contributed by atoms with Crippen LogP contribution in [0.3, 0.4) is 0 Å². The van der Waals surface area contributed by atoms with Crippen molar-refractivity contribution in [2.75, 3.05) is 11.9 Å². The monoisotopic (exact) mass is 459 g/mol. The van der Waals surface area contributed by atoms with Crippen LogP contribution in [-0.2, 0) is 18.8 Å². The summed E-state index contributed by atoms with van der Waals surface area (Å²) in [5.41, 5.74) is 1.06. The molecule has 1 aromatic carbocycles. The Labute approximate surface area is 193 Å². The number of carbonyl (C=O) groups excluding carboxylic acids is 2. The number of ether oxygens (including phenoxy) is 1. The van der Waals surface area contributed by atoms with Crippen LogP contribution in [0, 0.1) is 0 Å². The molecule has 8 nitrogen and oxygen atoms in total. The van der Waals surface area contributed by atoms with Gasteiger partial charge in [-0.2, -0.15) is 0 Å². The Morgan fingerprint density at radius 1 is 1.16 bits per heavy atom. The van der Waals surface area contributed by atoms with Gasteiger partial charge in [0.25, 0.3) is 0 Å². The lowest BCUT2D eigenvalue weighted by Crippen LogP contribution is -2.41. The van der Waals surface area contributed by atoms with Gasteiger partial charge in [-0.3, -0.25) is 4.79 Å². The van der Waals surface area contributed by atoms with Crippen LogP contribution in [0.2, 0.25) is 0 Å². The van der Waals surface area contributed by atoms with Crippen LogP contribution in [0.5, 0.6) is 0 Å². The molecule has 32 heavy (non-hydrogen) atoms. The number of alkyl carbamates (subject to hydrolysis) is 1. The highest BCUT2D eigenvalue weighted by molar-refractivity contribution is 7.14. The van der Waals surface area contributed by atoms with Crippen molar-refractivity contribution in [1.82, 2.24) is 10.3 Å². The van der Waals surface area contributed by atoms with Crippen molar-refractivity contribution in [3.8, 4) is 11.3 Å². The quantitative estimate of drug-likeness (QED) is 0.664. The maximum absolute atomic E-state index is 12.1. The summed E-state index contributed by atoms with van der Waals surface area (Å²) in [5.74, 6) is -0.386. The molecule has 172 valence electrons. The Kier molecular flexibility index (Phi) is 6.69. The van der Waals surface area contributed by atoms with Crippen molar-refractivity contribution in [2.24, 2.45) is 0 Å². The first-order valence-corrected chi connectivity index (χ1v) is 11.3. The molecule has 2 heterocycles. The Morgan fingerprint density at radius 3 is 2.44 bits per heavy atom. The number of hydrogen-bond donors (Lipinski definition) is 2. The van der Waals surface area contributed by atoms with Crippen molar-refractivity contribution in [3.05, 3.63) is 29.6 Å². The number of nitrogens with zero attached hydrogens (tertiary/aromatic N) is 1. The summed E-state index contributed by atoms with van der Waals surface area (Å²) in [6.45, 7) is 13.1. The first-order valence-electron chi connectivity index (χ1n) is 10.4. The second-order valence-corrected chi connectivity index (χ2v) is 10.5. The lowest BCUT2D eigenvalue weighted by molar-refractivity contribution is -0.115. The van der Waals surface area contributed by atoms with Crippen LogP contribution in [0.15, 0.2) is 29.6 Å². The number of anilines is 1. The van der Waals surface area contributed by atoms with Crippen LogP contribution >= 0.6 is 11.3 Å². The third-order valence-electron chi connectivity index (χ3n) is 5.25. The van der Waals surface area contributed by atoms with Gasteiger partial charge >= 0.3 is 13.2 Å². The van der Waals surface area contributed by atoms with Crippen LogP contribution in [-0.4, -0.2) is 47.5 Å². The second kappa shape index (κ2) is 8.84. The Bertz CT molecular complexity index is 983. The molecule has 0 saturated carbocycles. The predicted molar refractivity (Wildman–Crippen MR) is 126 cm³/mol. The highest BCUT2D eigenvalue weighted by Crippen LogP contribution is 2.36. The smallest absolute Gasteiger partial charge is 0.444 e. The molecule has 2 N–H and O–H groups in total. The first-order chi connectivity index (χ1) is 14.8. The van der Waals surface area contributed by atoms with Crippen molar-refractivity contribution >= 4 is 41.0 Å². The Morgan fingerprint density at radius 2 is 1.81 bits per heavy atom. The van der Waals surface area contributed by atoms with Crippen molar-refractivity contribution in [1.29, 1.82) is 0 Å². The Balaban J connectivity index is 1.62. The van der Waals surface area contributed by atoms with E-state index in [0.717, 1.165) is 16.7 Å². The third kappa shape index (κ3) is 5.87. The third-order valence-corrected chi connectivity index (χ3v) is 6.01. The minimum Gasteiger partial charge on any atom is -0.444 e. The summed E-state index contributed by atoms with van der Waals surface area (Å²) in [6.07, 6.45) is -0.646. The zero-order valence-electron chi connectivity index (χ0n) is 19.6. The van der Waals surface area contributed by atoms with Crippen LogP contribution < -0.4 is 16.1 Å². The highest BCUT2D eigenvalue weighted by atomic mass is 32.1. The second-order valence-electron chi connectivity index (χ2n) is 9.66. The van der Waals surface area contributed by atoms with Crippen LogP contribution in [0.1, 0.15) is 48.5 Å². The van der Waals surface area contributed by atoms with E-state index in [9.17, 15) is 9.59 Å². The van der Waals surface area contributed by atoms with E-state index in [1.165, 1.54) is 11.3 Å². The van der Waals surface area contributed by atoms with E-state index < -0.39 is 30.0 Å². The molecule has 0 aliphatic carbocycles. The van der Waals surface area contributed by atoms with Gasteiger partial charge in [0.15, 0.2) is 5.13 Å².